The van der Waals surface area contributed by atoms with E-state index in [9.17, 15) is 22.4 Å². The lowest BCUT2D eigenvalue weighted by molar-refractivity contribution is -0.117. The number of carbonyl (C=O) groups is 1. The fraction of sp³-hybridized carbons (Fsp3) is 0.200. The number of rotatable bonds is 1. The molecule has 0 radical (unpaired) electrons. The minimum atomic E-state index is -1.67. The molecule has 1 amide bonds. The highest BCUT2D eigenvalue weighted by Crippen LogP contribution is 2.35. The standard InChI is InChI=1S/C10H5BrF4N2O/c1-3-2-4(18)17(16-3)10-8(14)6(12)5(11)7(13)9(10)15/h2H2,1H3. The maximum Gasteiger partial charge on any atom is 0.253 e. The van der Waals surface area contributed by atoms with Gasteiger partial charge >= 0.3 is 0 Å². The van der Waals surface area contributed by atoms with Gasteiger partial charge in [0.15, 0.2) is 23.3 Å². The first-order valence-corrected chi connectivity index (χ1v) is 5.52. The van der Waals surface area contributed by atoms with Gasteiger partial charge in [-0.2, -0.15) is 10.1 Å². The summed E-state index contributed by atoms with van der Waals surface area (Å²) in [7, 11) is 0. The lowest BCUT2D eigenvalue weighted by atomic mass is 10.2. The van der Waals surface area contributed by atoms with Crippen molar-refractivity contribution in [3.8, 4) is 0 Å². The molecule has 1 aromatic carbocycles. The van der Waals surface area contributed by atoms with Crippen molar-refractivity contribution >= 4 is 33.2 Å². The van der Waals surface area contributed by atoms with Crippen LogP contribution in [-0.2, 0) is 4.79 Å². The van der Waals surface area contributed by atoms with E-state index in [1.807, 2.05) is 0 Å². The van der Waals surface area contributed by atoms with Crippen LogP contribution in [0.3, 0.4) is 0 Å². The van der Waals surface area contributed by atoms with Crippen molar-refractivity contribution in [2.24, 2.45) is 5.10 Å². The maximum atomic E-state index is 13.6. The number of benzene rings is 1. The summed E-state index contributed by atoms with van der Waals surface area (Å²) >= 11 is 2.38. The Kier molecular flexibility index (Phi) is 3.14. The predicted molar refractivity (Wildman–Crippen MR) is 59.2 cm³/mol. The van der Waals surface area contributed by atoms with E-state index >= 15 is 0 Å². The molecule has 0 fully saturated rings. The molecule has 0 aromatic heterocycles. The molecule has 0 N–H and O–H groups in total. The second kappa shape index (κ2) is 4.34. The molecule has 1 aliphatic rings. The molecule has 0 aliphatic carbocycles. The molecule has 1 aliphatic heterocycles. The maximum absolute atomic E-state index is 13.6. The molecule has 0 spiro atoms. The van der Waals surface area contributed by atoms with Gasteiger partial charge < -0.3 is 0 Å². The molecular weight excluding hydrogens is 320 g/mol. The van der Waals surface area contributed by atoms with Gasteiger partial charge in [0, 0.05) is 5.71 Å². The van der Waals surface area contributed by atoms with Crippen LogP contribution in [0.2, 0.25) is 0 Å². The van der Waals surface area contributed by atoms with Crippen molar-refractivity contribution < 1.29 is 22.4 Å². The van der Waals surface area contributed by atoms with Gasteiger partial charge in [0.05, 0.1) is 10.9 Å². The van der Waals surface area contributed by atoms with Gasteiger partial charge in [-0.15, -0.1) is 0 Å². The molecule has 0 saturated carbocycles. The molecule has 0 atom stereocenters. The Morgan fingerprint density at radius 3 is 2.00 bits per heavy atom. The van der Waals surface area contributed by atoms with Crippen LogP contribution in [0.4, 0.5) is 23.2 Å². The Balaban J connectivity index is 2.69. The summed E-state index contributed by atoms with van der Waals surface area (Å²) in [5.41, 5.74) is -0.849. The van der Waals surface area contributed by atoms with E-state index < -0.39 is 39.3 Å². The molecule has 0 unspecified atom stereocenters. The van der Waals surface area contributed by atoms with E-state index in [4.69, 9.17) is 0 Å². The lowest BCUT2D eigenvalue weighted by Gasteiger charge is -2.15. The largest absolute Gasteiger partial charge is 0.272 e. The summed E-state index contributed by atoms with van der Waals surface area (Å²) < 4.78 is 52.8. The predicted octanol–water partition coefficient (Wildman–Crippen LogP) is 3.12. The Morgan fingerprint density at radius 2 is 1.61 bits per heavy atom. The lowest BCUT2D eigenvalue weighted by Crippen LogP contribution is -2.23. The van der Waals surface area contributed by atoms with Crippen molar-refractivity contribution in [2.75, 3.05) is 5.01 Å². The minimum Gasteiger partial charge on any atom is -0.272 e. The number of amides is 1. The van der Waals surface area contributed by atoms with E-state index in [-0.39, 0.29) is 6.42 Å². The van der Waals surface area contributed by atoms with E-state index in [1.165, 1.54) is 6.92 Å². The smallest absolute Gasteiger partial charge is 0.253 e. The molecule has 2 rings (SSSR count). The minimum absolute atomic E-state index is 0.155. The summed E-state index contributed by atoms with van der Waals surface area (Å²) in [6.07, 6.45) is -0.155. The highest BCUT2D eigenvalue weighted by atomic mass is 79.9. The summed E-state index contributed by atoms with van der Waals surface area (Å²) in [6.45, 7) is 1.46. The van der Waals surface area contributed by atoms with Crippen molar-refractivity contribution in [1.29, 1.82) is 0 Å². The number of nitrogens with zero attached hydrogens (tertiary/aromatic N) is 2. The summed E-state index contributed by atoms with van der Waals surface area (Å²) in [6, 6.07) is 0. The number of hydrogen-bond donors (Lipinski definition) is 0. The number of hydrogen-bond acceptors (Lipinski definition) is 2. The van der Waals surface area contributed by atoms with Gasteiger partial charge in [-0.25, -0.2) is 17.6 Å². The van der Waals surface area contributed by atoms with Gasteiger partial charge in [0.2, 0.25) is 0 Å². The fourth-order valence-electron chi connectivity index (χ4n) is 1.51. The van der Waals surface area contributed by atoms with Crippen LogP contribution in [-0.4, -0.2) is 11.6 Å². The van der Waals surface area contributed by atoms with Crippen LogP contribution >= 0.6 is 15.9 Å². The highest BCUT2D eigenvalue weighted by Gasteiger charge is 2.33. The Labute approximate surface area is 107 Å². The second-order valence-corrected chi connectivity index (χ2v) is 4.43. The first-order valence-electron chi connectivity index (χ1n) is 4.73. The van der Waals surface area contributed by atoms with Gasteiger partial charge in [-0.3, -0.25) is 4.79 Å². The summed E-state index contributed by atoms with van der Waals surface area (Å²) in [4.78, 5) is 11.4. The Hall–Kier alpha value is -1.44. The molecule has 3 nitrogen and oxygen atoms in total. The molecule has 1 heterocycles. The molecule has 96 valence electrons. The topological polar surface area (TPSA) is 32.7 Å². The Morgan fingerprint density at radius 1 is 1.11 bits per heavy atom. The van der Waals surface area contributed by atoms with Gasteiger partial charge in [0.25, 0.3) is 5.91 Å². The number of hydrazone groups is 1. The first-order chi connectivity index (χ1) is 8.34. The molecule has 8 heteroatoms. The van der Waals surface area contributed by atoms with Gasteiger partial charge in [-0.05, 0) is 22.9 Å². The molecule has 1 aromatic rings. The SMILES string of the molecule is CC1=NN(c2c(F)c(F)c(Br)c(F)c2F)C(=O)C1. The zero-order valence-corrected chi connectivity index (χ0v) is 10.5. The first kappa shape index (κ1) is 13.0. The van der Waals surface area contributed by atoms with Gasteiger partial charge in [0.1, 0.15) is 5.69 Å². The van der Waals surface area contributed by atoms with Crippen molar-refractivity contribution in [1.82, 2.24) is 0 Å². The number of carbonyl (C=O) groups excluding carboxylic acids is 1. The Bertz CT molecular complexity index is 559. The second-order valence-electron chi connectivity index (χ2n) is 3.64. The highest BCUT2D eigenvalue weighted by molar-refractivity contribution is 9.10. The third kappa shape index (κ3) is 1.80. The van der Waals surface area contributed by atoms with E-state index in [0.29, 0.717) is 10.7 Å². The van der Waals surface area contributed by atoms with Crippen molar-refractivity contribution in [3.63, 3.8) is 0 Å². The van der Waals surface area contributed by atoms with Crippen LogP contribution in [0.1, 0.15) is 13.3 Å². The van der Waals surface area contributed by atoms with Crippen LogP contribution in [0.5, 0.6) is 0 Å². The van der Waals surface area contributed by atoms with E-state index in [2.05, 4.69) is 21.0 Å². The monoisotopic (exact) mass is 324 g/mol. The quantitative estimate of drug-likeness (QED) is 0.444. The average Bonchev–Trinajstić information content (AvgIpc) is 2.64. The van der Waals surface area contributed by atoms with Crippen LogP contribution in [0, 0.1) is 23.3 Å². The third-order valence-corrected chi connectivity index (χ3v) is 3.01. The van der Waals surface area contributed by atoms with Crippen LogP contribution in [0.25, 0.3) is 0 Å². The van der Waals surface area contributed by atoms with E-state index in [1.54, 1.807) is 0 Å². The molecule has 18 heavy (non-hydrogen) atoms. The number of anilines is 1. The third-order valence-electron chi connectivity index (χ3n) is 2.31. The summed E-state index contributed by atoms with van der Waals surface area (Å²) in [5, 5.41) is 3.88. The zero-order chi connectivity index (χ0) is 13.6. The fourth-order valence-corrected chi connectivity index (χ4v) is 1.86. The van der Waals surface area contributed by atoms with Gasteiger partial charge in [-0.1, -0.05) is 0 Å². The van der Waals surface area contributed by atoms with Crippen molar-refractivity contribution in [2.45, 2.75) is 13.3 Å². The van der Waals surface area contributed by atoms with E-state index in [0.717, 1.165) is 0 Å². The normalized spacial score (nSPS) is 15.3. The van der Waals surface area contributed by atoms with Crippen LogP contribution < -0.4 is 5.01 Å². The summed E-state index contributed by atoms with van der Waals surface area (Å²) in [5.74, 6) is -7.33. The van der Waals surface area contributed by atoms with Crippen molar-refractivity contribution in [3.05, 3.63) is 27.7 Å². The number of halogens is 5. The zero-order valence-electron chi connectivity index (χ0n) is 8.90. The average molecular weight is 325 g/mol. The molecule has 0 saturated heterocycles. The van der Waals surface area contributed by atoms with Crippen LogP contribution in [0.15, 0.2) is 9.57 Å². The molecule has 0 bridgehead atoms. The molecular formula is C10H5BrF4N2O.